The van der Waals surface area contributed by atoms with Gasteiger partial charge >= 0.3 is 0 Å². The van der Waals surface area contributed by atoms with Crippen LogP contribution in [-0.2, 0) is 7.05 Å². The fourth-order valence-corrected chi connectivity index (χ4v) is 3.17. The topological polar surface area (TPSA) is 88.5 Å². The molecule has 0 aromatic carbocycles. The third-order valence-electron chi connectivity index (χ3n) is 4.39. The number of nitrogens with zero attached hydrogens (tertiary/aromatic N) is 4. The van der Waals surface area contributed by atoms with Crippen LogP contribution in [0, 0.1) is 0 Å². The standard InChI is InChI=1S/C19H17ClN6O/c1-11(15-6-13-5-14(20)8-23-18(13)25-19(15)27)24-17-7-12(3-4-22-17)16-9-21-10-26(16)2/h3-11H,1-2H3,(H,22,24)(H,23,25,27)/t11-/m0/s1. The van der Waals surface area contributed by atoms with Gasteiger partial charge in [-0.15, -0.1) is 0 Å². The number of aromatic amines is 1. The Hall–Kier alpha value is -3.19. The first kappa shape index (κ1) is 17.2. The molecule has 4 rings (SSSR count). The van der Waals surface area contributed by atoms with Gasteiger partial charge in [0.1, 0.15) is 11.5 Å². The van der Waals surface area contributed by atoms with Gasteiger partial charge in [-0.1, -0.05) is 11.6 Å². The van der Waals surface area contributed by atoms with Crippen molar-refractivity contribution < 1.29 is 0 Å². The van der Waals surface area contributed by atoms with Crippen molar-refractivity contribution in [2.45, 2.75) is 13.0 Å². The molecule has 0 saturated heterocycles. The number of halogens is 1. The summed E-state index contributed by atoms with van der Waals surface area (Å²) in [6.45, 7) is 1.91. The molecule has 0 aliphatic rings. The summed E-state index contributed by atoms with van der Waals surface area (Å²) in [6.07, 6.45) is 6.79. The van der Waals surface area contributed by atoms with Gasteiger partial charge in [0.2, 0.25) is 0 Å². The number of rotatable bonds is 4. The maximum atomic E-state index is 12.4. The van der Waals surface area contributed by atoms with E-state index in [1.807, 2.05) is 30.7 Å². The second-order valence-corrected chi connectivity index (χ2v) is 6.77. The summed E-state index contributed by atoms with van der Waals surface area (Å²) >= 11 is 6.01. The van der Waals surface area contributed by atoms with Crippen LogP contribution in [0.25, 0.3) is 22.3 Å². The molecule has 0 spiro atoms. The van der Waals surface area contributed by atoms with Gasteiger partial charge in [-0.05, 0) is 31.2 Å². The van der Waals surface area contributed by atoms with Gasteiger partial charge < -0.3 is 14.9 Å². The first-order valence-corrected chi connectivity index (χ1v) is 8.77. The zero-order valence-electron chi connectivity index (χ0n) is 14.8. The van der Waals surface area contributed by atoms with Crippen LogP contribution < -0.4 is 10.9 Å². The van der Waals surface area contributed by atoms with Crippen molar-refractivity contribution in [3.05, 3.63) is 70.1 Å². The van der Waals surface area contributed by atoms with Crippen LogP contribution in [0.5, 0.6) is 0 Å². The molecule has 136 valence electrons. The van der Waals surface area contributed by atoms with E-state index >= 15 is 0 Å². The molecule has 0 radical (unpaired) electrons. The van der Waals surface area contributed by atoms with E-state index in [0.717, 1.165) is 16.6 Å². The predicted octanol–water partition coefficient (Wildman–Crippen LogP) is 3.55. The maximum Gasteiger partial charge on any atom is 0.254 e. The Labute approximate surface area is 160 Å². The lowest BCUT2D eigenvalue weighted by Gasteiger charge is -2.15. The van der Waals surface area contributed by atoms with E-state index in [9.17, 15) is 4.79 Å². The normalized spacial score (nSPS) is 12.3. The molecule has 4 aromatic heterocycles. The van der Waals surface area contributed by atoms with Crippen LogP contribution in [-0.4, -0.2) is 24.5 Å². The first-order valence-electron chi connectivity index (χ1n) is 8.39. The summed E-state index contributed by atoms with van der Waals surface area (Å²) in [5.74, 6) is 0.671. The molecule has 0 aliphatic carbocycles. The number of pyridine rings is 3. The predicted molar refractivity (Wildman–Crippen MR) is 106 cm³/mol. The largest absolute Gasteiger partial charge is 0.363 e. The molecule has 0 amide bonds. The van der Waals surface area contributed by atoms with Crippen molar-refractivity contribution in [2.75, 3.05) is 5.32 Å². The van der Waals surface area contributed by atoms with Crippen molar-refractivity contribution in [1.29, 1.82) is 0 Å². The van der Waals surface area contributed by atoms with E-state index in [-0.39, 0.29) is 11.6 Å². The van der Waals surface area contributed by atoms with Gasteiger partial charge in [-0.2, -0.15) is 0 Å². The van der Waals surface area contributed by atoms with Crippen LogP contribution in [0.3, 0.4) is 0 Å². The Balaban J connectivity index is 1.65. The van der Waals surface area contributed by atoms with Gasteiger partial charge in [0.05, 0.1) is 29.3 Å². The highest BCUT2D eigenvalue weighted by molar-refractivity contribution is 6.31. The molecule has 0 aliphatic heterocycles. The molecular weight excluding hydrogens is 364 g/mol. The van der Waals surface area contributed by atoms with E-state index in [1.165, 1.54) is 6.20 Å². The first-order chi connectivity index (χ1) is 13.0. The molecule has 0 fully saturated rings. The van der Waals surface area contributed by atoms with Gasteiger partial charge in [0.25, 0.3) is 5.56 Å². The number of fused-ring (bicyclic) bond motifs is 1. The van der Waals surface area contributed by atoms with Crippen LogP contribution >= 0.6 is 11.6 Å². The van der Waals surface area contributed by atoms with E-state index < -0.39 is 0 Å². The quantitative estimate of drug-likeness (QED) is 0.565. The highest BCUT2D eigenvalue weighted by Crippen LogP contribution is 2.23. The molecule has 1 atom stereocenters. The number of aryl methyl sites for hydroxylation is 1. The number of hydrogen-bond donors (Lipinski definition) is 2. The Morgan fingerprint density at radius 2 is 2.07 bits per heavy atom. The monoisotopic (exact) mass is 380 g/mol. The molecule has 8 heteroatoms. The van der Waals surface area contributed by atoms with Crippen LogP contribution in [0.4, 0.5) is 5.82 Å². The van der Waals surface area contributed by atoms with E-state index in [0.29, 0.717) is 22.1 Å². The molecule has 27 heavy (non-hydrogen) atoms. The highest BCUT2D eigenvalue weighted by atomic mass is 35.5. The molecule has 0 saturated carbocycles. The third kappa shape index (κ3) is 3.41. The SMILES string of the molecule is C[C@H](Nc1cc(-c2cncn2C)ccn1)c1cc2cc(Cl)cnc2[nH]c1=O. The number of H-pyrrole nitrogens is 1. The second-order valence-electron chi connectivity index (χ2n) is 6.33. The van der Waals surface area contributed by atoms with Crippen molar-refractivity contribution in [1.82, 2.24) is 24.5 Å². The van der Waals surface area contributed by atoms with Crippen molar-refractivity contribution in [2.24, 2.45) is 7.05 Å². The molecule has 0 unspecified atom stereocenters. The minimum absolute atomic E-state index is 0.194. The van der Waals surface area contributed by atoms with Gasteiger partial charge in [-0.25, -0.2) is 15.0 Å². The summed E-state index contributed by atoms with van der Waals surface area (Å²) in [4.78, 5) is 27.9. The molecule has 4 heterocycles. The third-order valence-corrected chi connectivity index (χ3v) is 4.60. The number of hydrogen-bond acceptors (Lipinski definition) is 5. The highest BCUT2D eigenvalue weighted by Gasteiger charge is 2.13. The number of anilines is 1. The van der Waals surface area contributed by atoms with Gasteiger partial charge in [-0.3, -0.25) is 4.79 Å². The molecule has 0 bridgehead atoms. The summed E-state index contributed by atoms with van der Waals surface area (Å²) in [7, 11) is 1.94. The van der Waals surface area contributed by atoms with Crippen molar-refractivity contribution in [3.63, 3.8) is 0 Å². The van der Waals surface area contributed by atoms with Crippen LogP contribution in [0.2, 0.25) is 5.02 Å². The Bertz CT molecular complexity index is 1180. The molecular formula is C19H17ClN6O. The average Bonchev–Trinajstić information content (AvgIpc) is 3.07. The smallest absolute Gasteiger partial charge is 0.254 e. The zero-order valence-corrected chi connectivity index (χ0v) is 15.5. The lowest BCUT2D eigenvalue weighted by Crippen LogP contribution is -2.20. The van der Waals surface area contributed by atoms with Crippen molar-refractivity contribution in [3.8, 4) is 11.3 Å². The summed E-state index contributed by atoms with van der Waals surface area (Å²) in [6, 6.07) is 7.17. The Morgan fingerprint density at radius 1 is 1.22 bits per heavy atom. The number of nitrogens with one attached hydrogen (secondary N) is 2. The zero-order chi connectivity index (χ0) is 19.0. The van der Waals surface area contributed by atoms with Crippen LogP contribution in [0.1, 0.15) is 18.5 Å². The summed E-state index contributed by atoms with van der Waals surface area (Å²) in [5.41, 5.74) is 2.87. The molecule has 4 aromatic rings. The molecule has 2 N–H and O–H groups in total. The minimum Gasteiger partial charge on any atom is -0.363 e. The van der Waals surface area contributed by atoms with Gasteiger partial charge in [0.15, 0.2) is 0 Å². The fraction of sp³-hybridized carbons (Fsp3) is 0.158. The van der Waals surface area contributed by atoms with E-state index in [4.69, 9.17) is 11.6 Å². The molecule has 7 nitrogen and oxygen atoms in total. The van der Waals surface area contributed by atoms with E-state index in [2.05, 4.69) is 25.3 Å². The average molecular weight is 381 g/mol. The Kier molecular flexibility index (Phi) is 4.37. The fourth-order valence-electron chi connectivity index (χ4n) is 3.01. The summed E-state index contributed by atoms with van der Waals surface area (Å²) < 4.78 is 1.94. The van der Waals surface area contributed by atoms with Crippen molar-refractivity contribution >= 4 is 28.5 Å². The number of imidazole rings is 1. The second kappa shape index (κ2) is 6.85. The Morgan fingerprint density at radius 3 is 2.85 bits per heavy atom. The summed E-state index contributed by atoms with van der Waals surface area (Å²) in [5, 5.41) is 4.59. The lowest BCUT2D eigenvalue weighted by molar-refractivity contribution is 0.856. The van der Waals surface area contributed by atoms with Gasteiger partial charge in [0, 0.05) is 36.0 Å². The van der Waals surface area contributed by atoms with E-state index in [1.54, 1.807) is 30.9 Å². The minimum atomic E-state index is -0.258. The van der Waals surface area contributed by atoms with Crippen LogP contribution in [0.15, 0.2) is 54.0 Å². The number of aromatic nitrogens is 5. The lowest BCUT2D eigenvalue weighted by atomic mass is 10.1. The maximum absolute atomic E-state index is 12.4.